The average molecular weight is 470 g/mol. The molecular weight excluding hydrogens is 443 g/mol. The molecule has 2 aromatic rings. The maximum absolute atomic E-state index is 5.56. The third kappa shape index (κ3) is 4.37. The molecule has 2 N–H and O–H groups in total. The van der Waals surface area contributed by atoms with E-state index in [4.69, 9.17) is 9.15 Å². The molecule has 3 rings (SSSR count). The van der Waals surface area contributed by atoms with Crippen LogP contribution in [0.15, 0.2) is 46.0 Å². The monoisotopic (exact) mass is 470 g/mol. The van der Waals surface area contributed by atoms with Crippen molar-refractivity contribution >= 4 is 29.9 Å². The fraction of sp³-hybridized carbons (Fsp3) is 0.474. The zero-order valence-corrected chi connectivity index (χ0v) is 18.0. The Bertz CT molecular complexity index is 730. The van der Waals surface area contributed by atoms with Crippen LogP contribution >= 0.6 is 24.0 Å². The molecule has 0 bridgehead atoms. The van der Waals surface area contributed by atoms with E-state index >= 15 is 0 Å². The minimum absolute atomic E-state index is 0. The van der Waals surface area contributed by atoms with Crippen LogP contribution in [0.2, 0.25) is 0 Å². The zero-order valence-electron chi connectivity index (χ0n) is 15.7. The summed E-state index contributed by atoms with van der Waals surface area (Å²) in [5.41, 5.74) is 1.89. The number of nitrogens with zero attached hydrogens (tertiary/aromatic N) is 2. The molecule has 0 saturated heterocycles. The fourth-order valence-corrected chi connectivity index (χ4v) is 3.17. The van der Waals surface area contributed by atoms with Gasteiger partial charge in [-0.1, -0.05) is 32.0 Å². The molecule has 1 aromatic heterocycles. The van der Waals surface area contributed by atoms with Gasteiger partial charge in [-0.3, -0.25) is 4.99 Å². The van der Waals surface area contributed by atoms with Crippen LogP contribution in [-0.2, 0) is 11.3 Å². The van der Waals surface area contributed by atoms with E-state index in [1.54, 1.807) is 20.4 Å². The van der Waals surface area contributed by atoms with E-state index in [9.17, 15) is 0 Å². The third-order valence-electron chi connectivity index (χ3n) is 5.01. The van der Waals surface area contributed by atoms with Crippen LogP contribution in [0.1, 0.15) is 26.0 Å². The van der Waals surface area contributed by atoms with E-state index in [-0.39, 0.29) is 35.5 Å². The number of aliphatic imine (C=N–C) groups is 1. The van der Waals surface area contributed by atoms with Crippen LogP contribution in [-0.4, -0.2) is 37.2 Å². The van der Waals surface area contributed by atoms with Crippen molar-refractivity contribution in [3.05, 3.63) is 42.3 Å². The molecule has 1 saturated carbocycles. The predicted molar refractivity (Wildman–Crippen MR) is 114 cm³/mol. The van der Waals surface area contributed by atoms with E-state index in [0.717, 1.165) is 23.6 Å². The summed E-state index contributed by atoms with van der Waals surface area (Å²) >= 11 is 0. The van der Waals surface area contributed by atoms with Crippen LogP contribution in [0.3, 0.4) is 0 Å². The first-order valence-electron chi connectivity index (χ1n) is 8.54. The lowest BCUT2D eigenvalue weighted by Crippen LogP contribution is -2.63. The highest BCUT2D eigenvalue weighted by Gasteiger charge is 2.48. The highest BCUT2D eigenvalue weighted by atomic mass is 127. The molecular formula is C19H27IN4O2. The van der Waals surface area contributed by atoms with Gasteiger partial charge in [-0.05, 0) is 18.6 Å². The Morgan fingerprint density at radius 1 is 1.35 bits per heavy atom. The van der Waals surface area contributed by atoms with Gasteiger partial charge < -0.3 is 19.8 Å². The van der Waals surface area contributed by atoms with E-state index in [2.05, 4.69) is 34.5 Å². The highest BCUT2D eigenvalue weighted by molar-refractivity contribution is 14.0. The van der Waals surface area contributed by atoms with Gasteiger partial charge in [0.2, 0.25) is 5.89 Å². The highest BCUT2D eigenvalue weighted by Crippen LogP contribution is 2.42. The number of aromatic nitrogens is 1. The average Bonchev–Trinajstić information content (AvgIpc) is 3.10. The molecule has 0 aliphatic heterocycles. The Morgan fingerprint density at radius 3 is 2.69 bits per heavy atom. The standard InChI is InChI=1S/C19H26N4O2.HI/c1-19(2)15(10-16(19)24-4)23-18(20-3)21-11-14-12-25-17(22-14)13-8-6-5-7-9-13;/h5-9,12,15-16H,10-11H2,1-4H3,(H2,20,21,23);1H. The normalized spacial score (nSPS) is 21.5. The number of oxazole rings is 1. The summed E-state index contributed by atoms with van der Waals surface area (Å²) in [6.45, 7) is 4.97. The number of nitrogens with one attached hydrogen (secondary N) is 2. The summed E-state index contributed by atoms with van der Waals surface area (Å²) in [7, 11) is 3.54. The van der Waals surface area contributed by atoms with E-state index in [1.165, 1.54) is 0 Å². The van der Waals surface area contributed by atoms with Crippen molar-refractivity contribution in [2.24, 2.45) is 10.4 Å². The van der Waals surface area contributed by atoms with Crippen LogP contribution in [0.4, 0.5) is 0 Å². The number of methoxy groups -OCH3 is 1. The van der Waals surface area contributed by atoms with Gasteiger partial charge in [0.25, 0.3) is 0 Å². The predicted octanol–water partition coefficient (Wildman–Crippen LogP) is 3.44. The number of rotatable bonds is 5. The molecule has 142 valence electrons. The van der Waals surface area contributed by atoms with Crippen LogP contribution in [0.5, 0.6) is 0 Å². The zero-order chi connectivity index (χ0) is 17.9. The smallest absolute Gasteiger partial charge is 0.226 e. The summed E-state index contributed by atoms with van der Waals surface area (Å²) in [4.78, 5) is 8.82. The van der Waals surface area contributed by atoms with Gasteiger partial charge in [-0.25, -0.2) is 4.98 Å². The number of guanidine groups is 1. The Hall–Kier alpha value is -1.61. The summed E-state index contributed by atoms with van der Waals surface area (Å²) in [5, 5.41) is 6.76. The van der Waals surface area contributed by atoms with Gasteiger partial charge in [-0.2, -0.15) is 0 Å². The topological polar surface area (TPSA) is 71.7 Å². The number of hydrogen-bond donors (Lipinski definition) is 2. The van der Waals surface area contributed by atoms with Crippen molar-refractivity contribution in [3.8, 4) is 11.5 Å². The molecule has 1 aliphatic rings. The molecule has 2 unspecified atom stereocenters. The maximum atomic E-state index is 5.56. The summed E-state index contributed by atoms with van der Waals surface area (Å²) in [5.74, 6) is 1.39. The molecule has 7 heteroatoms. The Balaban J connectivity index is 0.00000243. The second-order valence-electron chi connectivity index (χ2n) is 6.91. The fourth-order valence-electron chi connectivity index (χ4n) is 3.17. The molecule has 1 aliphatic carbocycles. The molecule has 0 radical (unpaired) electrons. The van der Waals surface area contributed by atoms with Crippen molar-refractivity contribution < 1.29 is 9.15 Å². The Kier molecular flexibility index (Phi) is 7.05. The van der Waals surface area contributed by atoms with Crippen molar-refractivity contribution in [2.75, 3.05) is 14.2 Å². The molecule has 6 nitrogen and oxygen atoms in total. The first-order valence-corrected chi connectivity index (χ1v) is 8.54. The van der Waals surface area contributed by atoms with Crippen LogP contribution in [0.25, 0.3) is 11.5 Å². The largest absolute Gasteiger partial charge is 0.444 e. The van der Waals surface area contributed by atoms with Gasteiger partial charge in [0.05, 0.1) is 18.3 Å². The lowest BCUT2D eigenvalue weighted by atomic mass is 9.64. The first-order chi connectivity index (χ1) is 12.0. The van der Waals surface area contributed by atoms with Gasteiger partial charge in [0.15, 0.2) is 5.96 Å². The number of ether oxygens (including phenoxy) is 1. The SMILES string of the molecule is CN=C(NCc1coc(-c2ccccc2)n1)NC1CC(OC)C1(C)C.I. The summed E-state index contributed by atoms with van der Waals surface area (Å²) in [6.07, 6.45) is 2.94. The Morgan fingerprint density at radius 2 is 2.08 bits per heavy atom. The second kappa shape index (κ2) is 8.85. The quantitative estimate of drug-likeness (QED) is 0.398. The van der Waals surface area contributed by atoms with Crippen LogP contribution < -0.4 is 10.6 Å². The first kappa shape index (κ1) is 20.7. The molecule has 0 spiro atoms. The lowest BCUT2D eigenvalue weighted by Gasteiger charge is -2.51. The van der Waals surface area contributed by atoms with Gasteiger partial charge in [-0.15, -0.1) is 24.0 Å². The molecule has 2 atom stereocenters. The van der Waals surface area contributed by atoms with Crippen molar-refractivity contribution in [3.63, 3.8) is 0 Å². The Labute approximate surface area is 171 Å². The number of halogens is 1. The van der Waals surface area contributed by atoms with Crippen molar-refractivity contribution in [2.45, 2.75) is 39.0 Å². The van der Waals surface area contributed by atoms with Gasteiger partial charge >= 0.3 is 0 Å². The third-order valence-corrected chi connectivity index (χ3v) is 5.01. The van der Waals surface area contributed by atoms with Crippen molar-refractivity contribution in [1.82, 2.24) is 15.6 Å². The van der Waals surface area contributed by atoms with Gasteiger partial charge in [0.1, 0.15) is 6.26 Å². The van der Waals surface area contributed by atoms with E-state index in [1.807, 2.05) is 30.3 Å². The lowest BCUT2D eigenvalue weighted by molar-refractivity contribution is -0.0922. The van der Waals surface area contributed by atoms with E-state index < -0.39 is 0 Å². The second-order valence-corrected chi connectivity index (χ2v) is 6.91. The van der Waals surface area contributed by atoms with E-state index in [0.29, 0.717) is 18.5 Å². The van der Waals surface area contributed by atoms with Crippen LogP contribution in [0, 0.1) is 5.41 Å². The molecule has 1 fully saturated rings. The summed E-state index contributed by atoms with van der Waals surface area (Å²) in [6, 6.07) is 10.2. The van der Waals surface area contributed by atoms with Gasteiger partial charge in [0, 0.05) is 31.2 Å². The number of hydrogen-bond acceptors (Lipinski definition) is 4. The molecule has 26 heavy (non-hydrogen) atoms. The molecule has 0 amide bonds. The minimum Gasteiger partial charge on any atom is -0.444 e. The number of benzene rings is 1. The maximum Gasteiger partial charge on any atom is 0.226 e. The molecule has 1 heterocycles. The summed E-state index contributed by atoms with van der Waals surface area (Å²) < 4.78 is 11.1. The minimum atomic E-state index is 0. The van der Waals surface area contributed by atoms with Crippen molar-refractivity contribution in [1.29, 1.82) is 0 Å². The molecule has 1 aromatic carbocycles.